The smallest absolute Gasteiger partial charge is 0.270 e. The average Bonchev–Trinajstić information content (AvgIpc) is 3.27. The summed E-state index contributed by atoms with van der Waals surface area (Å²) in [4.78, 5) is 25.3. The molecule has 0 spiro atoms. The van der Waals surface area contributed by atoms with Crippen molar-refractivity contribution in [3.05, 3.63) is 93.6 Å². The lowest BCUT2D eigenvalue weighted by Gasteiger charge is -2.13. The van der Waals surface area contributed by atoms with Gasteiger partial charge in [0.05, 0.1) is 15.5 Å². The maximum atomic E-state index is 12.9. The summed E-state index contributed by atoms with van der Waals surface area (Å²) < 4.78 is 2.34. The molecule has 2 aromatic carbocycles. The molecule has 28 heavy (non-hydrogen) atoms. The highest BCUT2D eigenvalue weighted by atomic mass is 32.2. The van der Waals surface area contributed by atoms with Crippen molar-refractivity contribution in [3.8, 4) is 5.69 Å². The van der Waals surface area contributed by atoms with Crippen LogP contribution >= 0.6 is 24.0 Å². The summed E-state index contributed by atoms with van der Waals surface area (Å²) in [6.45, 7) is 0. The van der Waals surface area contributed by atoms with Gasteiger partial charge in [-0.3, -0.25) is 19.8 Å². The summed E-state index contributed by atoms with van der Waals surface area (Å²) in [5.41, 5.74) is 2.31. The number of para-hydroxylation sites is 1. The molecule has 8 heteroatoms. The molecular weight excluding hydrogens is 394 g/mol. The molecule has 3 aromatic rings. The fourth-order valence-corrected chi connectivity index (χ4v) is 4.17. The van der Waals surface area contributed by atoms with Crippen LogP contribution in [-0.4, -0.2) is 19.7 Å². The van der Waals surface area contributed by atoms with Crippen molar-refractivity contribution >= 4 is 51.7 Å². The summed E-state index contributed by atoms with van der Waals surface area (Å²) in [5, 5.41) is 10.8. The number of carbonyl (C=O) groups is 1. The quantitative estimate of drug-likeness (QED) is 0.269. The first-order valence-corrected chi connectivity index (χ1v) is 9.52. The molecule has 0 aliphatic carbocycles. The van der Waals surface area contributed by atoms with Gasteiger partial charge in [0, 0.05) is 29.7 Å². The first-order valence-electron chi connectivity index (χ1n) is 8.30. The van der Waals surface area contributed by atoms with Gasteiger partial charge in [-0.2, -0.15) is 0 Å². The van der Waals surface area contributed by atoms with Crippen molar-refractivity contribution in [2.75, 3.05) is 4.90 Å². The third-order valence-electron chi connectivity index (χ3n) is 4.21. The lowest BCUT2D eigenvalue weighted by atomic mass is 10.2. The third kappa shape index (κ3) is 3.35. The average molecular weight is 407 g/mol. The monoisotopic (exact) mass is 407 g/mol. The topological polar surface area (TPSA) is 68.4 Å². The van der Waals surface area contributed by atoms with Crippen molar-refractivity contribution in [1.82, 2.24) is 4.57 Å². The molecule has 0 atom stereocenters. The zero-order valence-corrected chi connectivity index (χ0v) is 16.0. The van der Waals surface area contributed by atoms with E-state index in [0.717, 1.165) is 17.1 Å². The number of amides is 1. The van der Waals surface area contributed by atoms with Crippen LogP contribution in [0.3, 0.4) is 0 Å². The minimum absolute atomic E-state index is 0.0289. The highest BCUT2D eigenvalue weighted by Gasteiger charge is 2.33. The van der Waals surface area contributed by atoms with Gasteiger partial charge in [-0.1, -0.05) is 42.2 Å². The van der Waals surface area contributed by atoms with Crippen LogP contribution in [0.1, 0.15) is 5.69 Å². The Labute approximate surface area is 170 Å². The molecule has 1 fully saturated rings. The second-order valence-electron chi connectivity index (χ2n) is 5.93. The number of benzene rings is 2. The largest absolute Gasteiger partial charge is 0.317 e. The number of thiocarbonyl (C=S) groups is 1. The Hall–Kier alpha value is -3.23. The number of nitrogens with zero attached hydrogens (tertiary/aromatic N) is 3. The minimum atomic E-state index is -0.435. The van der Waals surface area contributed by atoms with E-state index in [9.17, 15) is 14.9 Å². The van der Waals surface area contributed by atoms with Gasteiger partial charge in [-0.05, 0) is 42.5 Å². The molecule has 2 heterocycles. The Morgan fingerprint density at radius 1 is 0.964 bits per heavy atom. The molecule has 0 N–H and O–H groups in total. The lowest BCUT2D eigenvalue weighted by molar-refractivity contribution is -0.384. The van der Waals surface area contributed by atoms with Crippen LogP contribution in [0.4, 0.5) is 11.4 Å². The van der Waals surface area contributed by atoms with Crippen LogP contribution in [0.25, 0.3) is 11.8 Å². The van der Waals surface area contributed by atoms with E-state index in [1.807, 2.05) is 53.2 Å². The van der Waals surface area contributed by atoms with E-state index in [4.69, 9.17) is 12.2 Å². The highest BCUT2D eigenvalue weighted by molar-refractivity contribution is 8.27. The molecule has 1 saturated heterocycles. The molecule has 1 amide bonds. The summed E-state index contributed by atoms with van der Waals surface area (Å²) in [6, 6.07) is 19.3. The molecule has 1 aliphatic heterocycles. The van der Waals surface area contributed by atoms with Gasteiger partial charge in [-0.25, -0.2) is 0 Å². The van der Waals surface area contributed by atoms with Crippen LogP contribution in [0.15, 0.2) is 77.8 Å². The molecule has 4 rings (SSSR count). The second-order valence-corrected chi connectivity index (χ2v) is 7.60. The van der Waals surface area contributed by atoms with Gasteiger partial charge < -0.3 is 4.57 Å². The summed E-state index contributed by atoms with van der Waals surface area (Å²) >= 11 is 6.65. The van der Waals surface area contributed by atoms with Crippen LogP contribution < -0.4 is 4.90 Å². The first-order chi connectivity index (χ1) is 13.5. The molecule has 1 aliphatic rings. The normalized spacial score (nSPS) is 15.4. The van der Waals surface area contributed by atoms with Gasteiger partial charge in [0.15, 0.2) is 4.32 Å². The van der Waals surface area contributed by atoms with Crippen LogP contribution in [0, 0.1) is 10.1 Å². The van der Waals surface area contributed by atoms with E-state index in [0.29, 0.717) is 9.23 Å². The number of nitro groups is 1. The molecule has 0 bridgehead atoms. The van der Waals surface area contributed by atoms with Crippen LogP contribution in [-0.2, 0) is 4.79 Å². The Morgan fingerprint density at radius 3 is 2.36 bits per heavy atom. The van der Waals surface area contributed by atoms with E-state index in [1.165, 1.54) is 28.8 Å². The minimum Gasteiger partial charge on any atom is -0.317 e. The molecule has 0 saturated carbocycles. The van der Waals surface area contributed by atoms with E-state index in [1.54, 1.807) is 18.2 Å². The number of non-ortho nitro benzene ring substituents is 1. The van der Waals surface area contributed by atoms with E-state index in [2.05, 4.69) is 0 Å². The number of aromatic nitrogens is 1. The van der Waals surface area contributed by atoms with E-state index < -0.39 is 4.92 Å². The van der Waals surface area contributed by atoms with Crippen LogP contribution in [0.5, 0.6) is 0 Å². The number of nitro benzene ring substituents is 1. The predicted molar refractivity (Wildman–Crippen MR) is 115 cm³/mol. The Bertz CT molecular complexity index is 1110. The molecule has 6 nitrogen and oxygen atoms in total. The van der Waals surface area contributed by atoms with Crippen molar-refractivity contribution < 1.29 is 9.72 Å². The summed E-state index contributed by atoms with van der Waals surface area (Å²) in [7, 11) is 0. The Morgan fingerprint density at radius 2 is 1.68 bits per heavy atom. The number of carbonyl (C=O) groups excluding carboxylic acids is 1. The fourth-order valence-electron chi connectivity index (χ4n) is 2.88. The number of hydrogen-bond donors (Lipinski definition) is 0. The van der Waals surface area contributed by atoms with E-state index >= 15 is 0 Å². The van der Waals surface area contributed by atoms with Gasteiger partial charge in [-0.15, -0.1) is 0 Å². The zero-order chi connectivity index (χ0) is 19.7. The molecule has 138 valence electrons. The van der Waals surface area contributed by atoms with Gasteiger partial charge in [0.2, 0.25) is 0 Å². The van der Waals surface area contributed by atoms with Crippen molar-refractivity contribution in [1.29, 1.82) is 0 Å². The lowest BCUT2D eigenvalue weighted by Crippen LogP contribution is -2.27. The predicted octanol–water partition coefficient (Wildman–Crippen LogP) is 4.79. The van der Waals surface area contributed by atoms with Crippen molar-refractivity contribution in [2.45, 2.75) is 0 Å². The first kappa shape index (κ1) is 18.1. The summed E-state index contributed by atoms with van der Waals surface area (Å²) in [5.74, 6) is -0.169. The third-order valence-corrected chi connectivity index (χ3v) is 5.51. The second kappa shape index (κ2) is 7.41. The highest BCUT2D eigenvalue weighted by Crippen LogP contribution is 2.36. The summed E-state index contributed by atoms with van der Waals surface area (Å²) in [6.07, 6.45) is 3.62. The van der Waals surface area contributed by atoms with Gasteiger partial charge >= 0.3 is 0 Å². The Balaban J connectivity index is 1.66. The van der Waals surface area contributed by atoms with Crippen molar-refractivity contribution in [2.24, 2.45) is 0 Å². The fraction of sp³-hybridized carbons (Fsp3) is 0. The number of thioether (sulfide) groups is 1. The number of rotatable bonds is 4. The standard InChI is InChI=1S/C20H13N3O3S2/c24-19-18(28-20(27)22(19)15-5-2-1-3-6-15)13-17-7-4-12-21(17)14-8-10-16(11-9-14)23(25)26/h1-13H. The molecule has 0 unspecified atom stereocenters. The Kier molecular flexibility index (Phi) is 4.81. The molecule has 0 radical (unpaired) electrons. The SMILES string of the molecule is O=C1C(=Cc2cccn2-c2ccc([N+](=O)[O-])cc2)SC(=S)N1c1ccccc1. The zero-order valence-electron chi connectivity index (χ0n) is 14.4. The molecule has 1 aromatic heterocycles. The maximum Gasteiger partial charge on any atom is 0.270 e. The van der Waals surface area contributed by atoms with Crippen molar-refractivity contribution in [3.63, 3.8) is 0 Å². The maximum absolute atomic E-state index is 12.9. The number of anilines is 1. The molecular formula is C20H13N3O3S2. The van der Waals surface area contributed by atoms with E-state index in [-0.39, 0.29) is 11.6 Å². The van der Waals surface area contributed by atoms with Gasteiger partial charge in [0.1, 0.15) is 0 Å². The van der Waals surface area contributed by atoms with Gasteiger partial charge in [0.25, 0.3) is 11.6 Å². The van der Waals surface area contributed by atoms with Crippen LogP contribution in [0.2, 0.25) is 0 Å². The number of hydrogen-bond acceptors (Lipinski definition) is 5.